The molecule has 3 aromatic carbocycles. The number of ether oxygens (including phenoxy) is 1. The molecule has 4 aromatic rings. The smallest absolute Gasteiger partial charge is 0.269 e. The van der Waals surface area contributed by atoms with Crippen molar-refractivity contribution in [2.24, 2.45) is 0 Å². The Labute approximate surface area is 212 Å². The van der Waals surface area contributed by atoms with Crippen molar-refractivity contribution < 1.29 is 14.5 Å². The van der Waals surface area contributed by atoms with Gasteiger partial charge in [0.25, 0.3) is 5.69 Å². The summed E-state index contributed by atoms with van der Waals surface area (Å²) in [4.78, 5) is 23.2. The highest BCUT2D eigenvalue weighted by Crippen LogP contribution is 2.28. The lowest BCUT2D eigenvalue weighted by Gasteiger charge is -2.16. The first kappa shape index (κ1) is 25.1. The number of amides is 1. The van der Waals surface area contributed by atoms with Gasteiger partial charge in [0.1, 0.15) is 6.61 Å². The molecule has 0 fully saturated rings. The Morgan fingerprint density at radius 2 is 1.64 bits per heavy atom. The molecular weight excluding hydrogens is 478 g/mol. The minimum absolute atomic E-state index is 0.0104. The second kappa shape index (κ2) is 12.1. The zero-order valence-corrected chi connectivity index (χ0v) is 20.4. The fraction of sp³-hybridized carbons (Fsp3) is 0.192. The number of rotatable bonds is 11. The number of hydrogen-bond donors (Lipinski definition) is 1. The zero-order valence-electron chi connectivity index (χ0n) is 19.6. The van der Waals surface area contributed by atoms with E-state index >= 15 is 0 Å². The zero-order chi connectivity index (χ0) is 25.3. The van der Waals surface area contributed by atoms with E-state index in [-0.39, 0.29) is 18.2 Å². The number of thioether (sulfide) groups is 1. The van der Waals surface area contributed by atoms with Gasteiger partial charge in [-0.1, -0.05) is 72.4 Å². The first-order valence-electron chi connectivity index (χ1n) is 11.3. The van der Waals surface area contributed by atoms with Crippen molar-refractivity contribution in [2.75, 3.05) is 6.61 Å². The average Bonchev–Trinajstić information content (AvgIpc) is 3.33. The quantitative estimate of drug-likeness (QED) is 0.177. The Bertz CT molecular complexity index is 1300. The number of nitro groups is 1. The van der Waals surface area contributed by atoms with Gasteiger partial charge in [0.2, 0.25) is 5.91 Å². The van der Waals surface area contributed by atoms with Gasteiger partial charge in [0, 0.05) is 23.6 Å². The van der Waals surface area contributed by atoms with Crippen molar-refractivity contribution in [1.29, 1.82) is 0 Å². The number of hydrogen-bond acceptors (Lipinski definition) is 7. The van der Waals surface area contributed by atoms with Gasteiger partial charge in [0.05, 0.1) is 17.6 Å². The second-order valence-electron chi connectivity index (χ2n) is 7.99. The van der Waals surface area contributed by atoms with E-state index in [1.165, 1.54) is 23.9 Å². The first-order chi connectivity index (χ1) is 17.5. The summed E-state index contributed by atoms with van der Waals surface area (Å²) in [6.45, 7) is 2.05. The molecule has 0 saturated carbocycles. The molecule has 0 aliphatic carbocycles. The fourth-order valence-electron chi connectivity index (χ4n) is 3.53. The summed E-state index contributed by atoms with van der Waals surface area (Å²) in [7, 11) is 0. The molecule has 10 heteroatoms. The molecule has 0 aliphatic rings. The molecular formula is C26H25N5O4S. The third-order valence-corrected chi connectivity index (χ3v) is 6.30. The first-order valence-corrected chi connectivity index (χ1v) is 12.3. The third kappa shape index (κ3) is 6.55. The third-order valence-electron chi connectivity index (χ3n) is 5.30. The van der Waals surface area contributed by atoms with Crippen molar-refractivity contribution in [2.45, 2.75) is 30.5 Å². The average molecular weight is 504 g/mol. The molecule has 1 heterocycles. The SMILES string of the molecule is CC(NC(=O)COCc1ccccc1)c1nnc(SCc2ccccc2)n1-c1ccc([N+](=O)[O-])cc1. The number of nitrogens with one attached hydrogen (secondary N) is 1. The number of nitrogens with zero attached hydrogens (tertiary/aromatic N) is 4. The molecule has 0 spiro atoms. The molecule has 1 N–H and O–H groups in total. The van der Waals surface area contributed by atoms with Crippen LogP contribution in [0.15, 0.2) is 90.1 Å². The van der Waals surface area contributed by atoms with E-state index in [1.807, 2.05) is 72.2 Å². The monoisotopic (exact) mass is 503 g/mol. The van der Waals surface area contributed by atoms with Crippen LogP contribution in [0.5, 0.6) is 0 Å². The summed E-state index contributed by atoms with van der Waals surface area (Å²) < 4.78 is 7.35. The second-order valence-corrected chi connectivity index (χ2v) is 8.93. The van der Waals surface area contributed by atoms with E-state index in [9.17, 15) is 14.9 Å². The molecule has 0 bridgehead atoms. The molecule has 0 radical (unpaired) electrons. The minimum atomic E-state index is -0.480. The van der Waals surface area contributed by atoms with Gasteiger partial charge >= 0.3 is 0 Å². The summed E-state index contributed by atoms with van der Waals surface area (Å²) in [5, 5.41) is 23.3. The number of aromatic nitrogens is 3. The lowest BCUT2D eigenvalue weighted by molar-refractivity contribution is -0.384. The maximum atomic E-state index is 12.5. The van der Waals surface area contributed by atoms with Gasteiger partial charge in [-0.2, -0.15) is 0 Å². The van der Waals surface area contributed by atoms with Crippen molar-refractivity contribution in [3.63, 3.8) is 0 Å². The van der Waals surface area contributed by atoms with Crippen LogP contribution in [-0.2, 0) is 21.9 Å². The molecule has 36 heavy (non-hydrogen) atoms. The minimum Gasteiger partial charge on any atom is -0.367 e. The van der Waals surface area contributed by atoms with E-state index in [0.717, 1.165) is 11.1 Å². The summed E-state index contributed by atoms with van der Waals surface area (Å²) in [6.07, 6.45) is 0. The number of benzene rings is 3. The molecule has 1 amide bonds. The Morgan fingerprint density at radius 3 is 2.28 bits per heavy atom. The van der Waals surface area contributed by atoms with Crippen LogP contribution in [0.2, 0.25) is 0 Å². The normalized spacial score (nSPS) is 11.7. The Morgan fingerprint density at radius 1 is 1.00 bits per heavy atom. The predicted octanol–water partition coefficient (Wildman–Crippen LogP) is 4.86. The standard InChI is InChI=1S/C26H25N5O4S/c1-19(27-24(32)17-35-16-20-8-4-2-5-9-20)25-28-29-26(36-18-21-10-6-3-7-11-21)30(25)22-12-14-23(15-13-22)31(33)34/h2-15,19H,16-18H2,1H3,(H,27,32). The van der Waals surface area contributed by atoms with Gasteiger partial charge in [0.15, 0.2) is 11.0 Å². The number of carbonyl (C=O) groups excluding carboxylic acids is 1. The van der Waals surface area contributed by atoms with Gasteiger partial charge < -0.3 is 10.1 Å². The van der Waals surface area contributed by atoms with Crippen molar-refractivity contribution in [1.82, 2.24) is 20.1 Å². The van der Waals surface area contributed by atoms with E-state index < -0.39 is 11.0 Å². The molecule has 9 nitrogen and oxygen atoms in total. The van der Waals surface area contributed by atoms with Crippen LogP contribution in [0.25, 0.3) is 5.69 Å². The van der Waals surface area contributed by atoms with Crippen LogP contribution in [0, 0.1) is 10.1 Å². The van der Waals surface area contributed by atoms with Crippen LogP contribution in [0.4, 0.5) is 5.69 Å². The van der Waals surface area contributed by atoms with Gasteiger partial charge in [-0.15, -0.1) is 10.2 Å². The lowest BCUT2D eigenvalue weighted by atomic mass is 10.2. The fourth-order valence-corrected chi connectivity index (χ4v) is 4.44. The highest BCUT2D eigenvalue weighted by molar-refractivity contribution is 7.98. The highest BCUT2D eigenvalue weighted by atomic mass is 32.2. The van der Waals surface area contributed by atoms with E-state index in [4.69, 9.17) is 4.74 Å². The summed E-state index contributed by atoms with van der Waals surface area (Å²) in [5.41, 5.74) is 2.76. The van der Waals surface area contributed by atoms with Crippen LogP contribution in [0.1, 0.15) is 29.9 Å². The highest BCUT2D eigenvalue weighted by Gasteiger charge is 2.22. The summed E-state index contributed by atoms with van der Waals surface area (Å²) >= 11 is 1.49. The van der Waals surface area contributed by atoms with Crippen LogP contribution in [0.3, 0.4) is 0 Å². The van der Waals surface area contributed by atoms with Gasteiger partial charge in [-0.05, 0) is 30.2 Å². The van der Waals surface area contributed by atoms with E-state index in [0.29, 0.717) is 29.0 Å². The Hall–Kier alpha value is -4.02. The molecule has 1 aromatic heterocycles. The molecule has 184 valence electrons. The largest absolute Gasteiger partial charge is 0.367 e. The Kier molecular flexibility index (Phi) is 8.43. The van der Waals surface area contributed by atoms with Gasteiger partial charge in [-0.25, -0.2) is 0 Å². The number of carbonyl (C=O) groups is 1. The molecule has 1 unspecified atom stereocenters. The number of nitro benzene ring substituents is 1. The van der Waals surface area contributed by atoms with Crippen LogP contribution >= 0.6 is 11.8 Å². The molecule has 0 saturated heterocycles. The Balaban J connectivity index is 1.49. The number of non-ortho nitro benzene ring substituents is 1. The van der Waals surface area contributed by atoms with Crippen molar-refractivity contribution in [3.05, 3.63) is 112 Å². The molecule has 4 rings (SSSR count). The molecule has 1 atom stereocenters. The van der Waals surface area contributed by atoms with Crippen LogP contribution in [-0.4, -0.2) is 32.2 Å². The van der Waals surface area contributed by atoms with E-state index in [2.05, 4.69) is 15.5 Å². The van der Waals surface area contributed by atoms with Crippen LogP contribution < -0.4 is 5.32 Å². The van der Waals surface area contributed by atoms with Crippen molar-refractivity contribution in [3.8, 4) is 5.69 Å². The summed E-state index contributed by atoms with van der Waals surface area (Å²) in [5.74, 6) is 0.894. The van der Waals surface area contributed by atoms with Gasteiger partial charge in [-0.3, -0.25) is 19.5 Å². The van der Waals surface area contributed by atoms with E-state index in [1.54, 1.807) is 12.1 Å². The lowest BCUT2D eigenvalue weighted by Crippen LogP contribution is -2.31. The molecule has 0 aliphatic heterocycles. The predicted molar refractivity (Wildman–Crippen MR) is 137 cm³/mol. The van der Waals surface area contributed by atoms with Crippen molar-refractivity contribution >= 4 is 23.4 Å². The maximum Gasteiger partial charge on any atom is 0.269 e. The topological polar surface area (TPSA) is 112 Å². The summed E-state index contributed by atoms with van der Waals surface area (Å²) in [6, 6.07) is 25.3. The maximum absolute atomic E-state index is 12.5.